The summed E-state index contributed by atoms with van der Waals surface area (Å²) in [5.74, 6) is 2.35. The van der Waals surface area contributed by atoms with Crippen LogP contribution in [-0.4, -0.2) is 26.2 Å². The largest absolute Gasteiger partial charge is 0.424 e. The van der Waals surface area contributed by atoms with Crippen LogP contribution in [0.5, 0.6) is 11.8 Å². The van der Waals surface area contributed by atoms with Gasteiger partial charge in [-0.15, -0.1) is 0 Å². The van der Waals surface area contributed by atoms with Crippen LogP contribution in [0.15, 0.2) is 54.6 Å². The summed E-state index contributed by atoms with van der Waals surface area (Å²) < 4.78 is 5.94. The van der Waals surface area contributed by atoms with Crippen molar-refractivity contribution < 1.29 is 9.53 Å². The van der Waals surface area contributed by atoms with Gasteiger partial charge in [0.1, 0.15) is 17.4 Å². The number of carbonyl (C=O) groups is 1. The Bertz CT molecular complexity index is 1330. The molecule has 0 unspecified atom stereocenters. The highest BCUT2D eigenvalue weighted by Crippen LogP contribution is 2.27. The number of anilines is 4. The number of H-pyrrole nitrogens is 1. The fraction of sp³-hybridized carbons (Fsp3) is 0.231. The first-order chi connectivity index (χ1) is 16.7. The molecule has 0 bridgehead atoms. The fourth-order valence-electron chi connectivity index (χ4n) is 3.46. The van der Waals surface area contributed by atoms with Crippen LogP contribution in [0, 0.1) is 20.8 Å². The van der Waals surface area contributed by atoms with Crippen molar-refractivity contribution in [2.75, 3.05) is 16.0 Å². The Labute approximate surface area is 204 Å². The number of aromatic amines is 1. The maximum absolute atomic E-state index is 12.4. The van der Waals surface area contributed by atoms with E-state index in [1.54, 1.807) is 12.1 Å². The van der Waals surface area contributed by atoms with E-state index in [1.165, 1.54) is 5.56 Å². The zero-order chi connectivity index (χ0) is 24.9. The van der Waals surface area contributed by atoms with Crippen LogP contribution in [0.4, 0.5) is 27.8 Å². The minimum absolute atomic E-state index is 0.218. The van der Waals surface area contributed by atoms with Crippen LogP contribution in [0.3, 0.4) is 0 Å². The van der Waals surface area contributed by atoms with Crippen molar-refractivity contribution in [2.45, 2.75) is 40.5 Å². The van der Waals surface area contributed by atoms with Gasteiger partial charge in [-0.1, -0.05) is 26.0 Å². The molecule has 0 spiro atoms. The van der Waals surface area contributed by atoms with Crippen LogP contribution in [0.1, 0.15) is 42.3 Å². The molecule has 0 saturated heterocycles. The number of ether oxygens (including phenoxy) is 1. The second-order valence-electron chi connectivity index (χ2n) is 8.66. The number of nitrogens with zero attached hydrogens (tertiary/aromatic N) is 3. The van der Waals surface area contributed by atoms with Crippen LogP contribution in [0.2, 0.25) is 0 Å². The van der Waals surface area contributed by atoms with E-state index in [9.17, 15) is 4.79 Å². The first-order valence-corrected chi connectivity index (χ1v) is 11.4. The maximum atomic E-state index is 12.4. The molecular formula is C26H29N7O2. The Balaban J connectivity index is 1.40. The number of hydrogen-bond acceptors (Lipinski definition) is 6. The Morgan fingerprint density at radius 3 is 2.26 bits per heavy atom. The molecule has 0 aliphatic carbocycles. The molecule has 4 N–H and O–H groups in total. The van der Waals surface area contributed by atoms with Crippen molar-refractivity contribution in [1.29, 1.82) is 0 Å². The summed E-state index contributed by atoms with van der Waals surface area (Å²) in [7, 11) is 0. The van der Waals surface area contributed by atoms with Crippen molar-refractivity contribution >= 4 is 29.0 Å². The SMILES string of the molecule is Cc1cc(Nc2cc(C)nc(Oc3ccc(NC(=O)Nc4ccc(C(C)C)cc4)cc3C)n2)[nH]n1. The van der Waals surface area contributed by atoms with Crippen LogP contribution in [-0.2, 0) is 0 Å². The second kappa shape index (κ2) is 10.3. The zero-order valence-electron chi connectivity index (χ0n) is 20.4. The highest BCUT2D eigenvalue weighted by Gasteiger charge is 2.10. The van der Waals surface area contributed by atoms with E-state index in [-0.39, 0.29) is 12.0 Å². The molecule has 9 nitrogen and oxygen atoms in total. The summed E-state index contributed by atoms with van der Waals surface area (Å²) in [4.78, 5) is 21.2. The highest BCUT2D eigenvalue weighted by atomic mass is 16.5. The smallest absolute Gasteiger partial charge is 0.324 e. The molecule has 0 aliphatic rings. The summed E-state index contributed by atoms with van der Waals surface area (Å²) >= 11 is 0. The van der Waals surface area contributed by atoms with Crippen molar-refractivity contribution in [3.8, 4) is 11.8 Å². The first-order valence-electron chi connectivity index (χ1n) is 11.4. The normalized spacial score (nSPS) is 10.8. The number of carbonyl (C=O) groups excluding carboxylic acids is 1. The molecule has 0 atom stereocenters. The molecule has 2 aromatic heterocycles. The van der Waals surface area contributed by atoms with Gasteiger partial charge in [-0.3, -0.25) is 5.10 Å². The quantitative estimate of drug-likeness (QED) is 0.247. The fourth-order valence-corrected chi connectivity index (χ4v) is 3.46. The van der Waals surface area contributed by atoms with E-state index in [0.717, 1.165) is 28.5 Å². The topological polar surface area (TPSA) is 117 Å². The number of aryl methyl sites for hydroxylation is 3. The number of rotatable bonds is 7. The van der Waals surface area contributed by atoms with E-state index >= 15 is 0 Å². The number of nitrogens with one attached hydrogen (secondary N) is 4. The molecular weight excluding hydrogens is 442 g/mol. The lowest BCUT2D eigenvalue weighted by atomic mass is 10.0. The number of amides is 2. The van der Waals surface area contributed by atoms with E-state index in [0.29, 0.717) is 23.2 Å². The Kier molecular flexibility index (Phi) is 6.96. The van der Waals surface area contributed by atoms with Gasteiger partial charge >= 0.3 is 12.0 Å². The summed E-state index contributed by atoms with van der Waals surface area (Å²) in [6.45, 7) is 9.93. The van der Waals surface area contributed by atoms with Crippen LogP contribution in [0.25, 0.3) is 0 Å². The van der Waals surface area contributed by atoms with Crippen molar-refractivity contribution in [1.82, 2.24) is 20.2 Å². The standard InChI is InChI=1S/C26H29N7O2/c1-15(2)19-6-8-20(9-7-19)28-25(34)29-21-10-11-22(16(3)12-21)35-26-27-17(4)13-23(31-26)30-24-14-18(5)32-33-24/h6-15H,1-5H3,(H2,28,29,34)(H2,27,30,31,32,33). The molecule has 2 amide bonds. The molecule has 35 heavy (non-hydrogen) atoms. The first kappa shape index (κ1) is 23.7. The molecule has 0 aliphatic heterocycles. The van der Waals surface area contributed by atoms with Gasteiger partial charge in [-0.05, 0) is 68.1 Å². The Hall–Kier alpha value is -4.40. The highest BCUT2D eigenvalue weighted by molar-refractivity contribution is 5.99. The maximum Gasteiger partial charge on any atom is 0.324 e. The summed E-state index contributed by atoms with van der Waals surface area (Å²) in [6, 6.07) is 16.8. The molecule has 2 heterocycles. The van der Waals surface area contributed by atoms with Crippen LogP contribution < -0.4 is 20.7 Å². The lowest BCUT2D eigenvalue weighted by Crippen LogP contribution is -2.19. The predicted octanol–water partition coefficient (Wildman–Crippen LogP) is 6.43. The summed E-state index contributed by atoms with van der Waals surface area (Å²) in [5.41, 5.74) is 5.05. The number of hydrogen-bond donors (Lipinski definition) is 4. The summed E-state index contributed by atoms with van der Waals surface area (Å²) in [5, 5.41) is 15.9. The number of urea groups is 1. The van der Waals surface area contributed by atoms with Gasteiger partial charge in [-0.2, -0.15) is 10.1 Å². The summed E-state index contributed by atoms with van der Waals surface area (Å²) in [6.07, 6.45) is 0. The molecule has 2 aromatic carbocycles. The molecule has 4 rings (SSSR count). The average molecular weight is 472 g/mol. The Morgan fingerprint density at radius 1 is 0.886 bits per heavy atom. The monoisotopic (exact) mass is 471 g/mol. The molecule has 180 valence electrons. The van der Waals surface area contributed by atoms with E-state index < -0.39 is 0 Å². The predicted molar refractivity (Wildman–Crippen MR) is 138 cm³/mol. The number of aromatic nitrogens is 4. The van der Waals surface area contributed by atoms with Crippen molar-refractivity contribution in [3.05, 3.63) is 77.1 Å². The minimum Gasteiger partial charge on any atom is -0.424 e. The average Bonchev–Trinajstić information content (AvgIpc) is 3.20. The van der Waals surface area contributed by atoms with Crippen LogP contribution >= 0.6 is 0 Å². The van der Waals surface area contributed by atoms with Gasteiger partial charge in [0.2, 0.25) is 0 Å². The van der Waals surface area contributed by atoms with Gasteiger partial charge in [-0.25, -0.2) is 9.78 Å². The molecule has 0 radical (unpaired) electrons. The lowest BCUT2D eigenvalue weighted by Gasteiger charge is -2.12. The Morgan fingerprint density at radius 2 is 1.60 bits per heavy atom. The van der Waals surface area contributed by atoms with E-state index in [4.69, 9.17) is 4.74 Å². The molecule has 4 aromatic rings. The molecule has 0 saturated carbocycles. The van der Waals surface area contributed by atoms with E-state index in [1.807, 2.05) is 63.2 Å². The molecule has 9 heteroatoms. The molecule has 0 fully saturated rings. The van der Waals surface area contributed by atoms with Crippen molar-refractivity contribution in [2.24, 2.45) is 0 Å². The third kappa shape index (κ3) is 6.35. The van der Waals surface area contributed by atoms with Gasteiger partial charge < -0.3 is 20.7 Å². The van der Waals surface area contributed by atoms with Gasteiger partial charge in [0.15, 0.2) is 0 Å². The third-order valence-corrected chi connectivity index (χ3v) is 5.27. The number of benzene rings is 2. The van der Waals surface area contributed by atoms with Gasteiger partial charge in [0, 0.05) is 29.2 Å². The van der Waals surface area contributed by atoms with E-state index in [2.05, 4.69) is 50.0 Å². The third-order valence-electron chi connectivity index (χ3n) is 5.27. The minimum atomic E-state index is -0.317. The van der Waals surface area contributed by atoms with Gasteiger partial charge in [0.25, 0.3) is 0 Å². The van der Waals surface area contributed by atoms with Gasteiger partial charge in [0.05, 0.1) is 5.69 Å². The lowest BCUT2D eigenvalue weighted by molar-refractivity contribution is 0.262. The second-order valence-corrected chi connectivity index (χ2v) is 8.66. The zero-order valence-corrected chi connectivity index (χ0v) is 20.4. The van der Waals surface area contributed by atoms with Crippen molar-refractivity contribution in [3.63, 3.8) is 0 Å².